The van der Waals surface area contributed by atoms with E-state index in [9.17, 15) is 9.59 Å². The predicted octanol–water partition coefficient (Wildman–Crippen LogP) is 2.90. The molecule has 1 N–H and O–H groups in total. The molecule has 132 valence electrons. The number of aromatic nitrogens is 2. The number of benzene rings is 1. The van der Waals surface area contributed by atoms with E-state index in [0.29, 0.717) is 18.5 Å². The van der Waals surface area contributed by atoms with Crippen molar-refractivity contribution in [2.45, 2.75) is 32.6 Å². The van der Waals surface area contributed by atoms with Crippen LogP contribution in [0.5, 0.6) is 0 Å². The second kappa shape index (κ2) is 7.51. The predicted molar refractivity (Wildman–Crippen MR) is 93.8 cm³/mol. The van der Waals surface area contributed by atoms with Gasteiger partial charge in [-0.1, -0.05) is 0 Å². The van der Waals surface area contributed by atoms with Gasteiger partial charge in [0.05, 0.1) is 11.9 Å². The molecule has 0 spiro atoms. The average molecular weight is 341 g/mol. The minimum atomic E-state index is -0.770. The van der Waals surface area contributed by atoms with Crippen LogP contribution in [-0.2, 0) is 4.79 Å². The van der Waals surface area contributed by atoms with Crippen LogP contribution in [0.2, 0.25) is 0 Å². The first kappa shape index (κ1) is 17.2. The van der Waals surface area contributed by atoms with E-state index >= 15 is 0 Å². The number of piperidine rings is 1. The van der Waals surface area contributed by atoms with Crippen LogP contribution in [0.15, 0.2) is 36.7 Å². The maximum absolute atomic E-state index is 12.7. The van der Waals surface area contributed by atoms with Crippen molar-refractivity contribution >= 4 is 11.9 Å². The molecule has 1 aromatic heterocycles. The molecular formula is C19H23N3O3. The zero-order chi connectivity index (χ0) is 17.8. The van der Waals surface area contributed by atoms with Crippen molar-refractivity contribution in [3.8, 4) is 5.69 Å². The lowest BCUT2D eigenvalue weighted by molar-refractivity contribution is -0.137. The highest BCUT2D eigenvalue weighted by Crippen LogP contribution is 2.23. The van der Waals surface area contributed by atoms with E-state index in [1.807, 2.05) is 42.3 Å². The molecule has 6 nitrogen and oxygen atoms in total. The second-order valence-corrected chi connectivity index (χ2v) is 6.70. The third-order valence-electron chi connectivity index (χ3n) is 4.66. The van der Waals surface area contributed by atoms with Crippen LogP contribution in [0.4, 0.5) is 0 Å². The summed E-state index contributed by atoms with van der Waals surface area (Å²) in [6.07, 6.45) is 6.47. The summed E-state index contributed by atoms with van der Waals surface area (Å²) in [4.78, 5) is 25.3. The zero-order valence-electron chi connectivity index (χ0n) is 14.4. The Bertz CT molecular complexity index is 752. The van der Waals surface area contributed by atoms with Gasteiger partial charge in [-0.05, 0) is 61.9 Å². The molecule has 1 saturated heterocycles. The lowest BCUT2D eigenvalue weighted by atomic mass is 9.93. The van der Waals surface area contributed by atoms with Crippen LogP contribution in [0.3, 0.4) is 0 Å². The Balaban J connectivity index is 1.65. The Labute approximate surface area is 147 Å². The van der Waals surface area contributed by atoms with E-state index in [-0.39, 0.29) is 18.2 Å². The molecule has 1 aliphatic heterocycles. The van der Waals surface area contributed by atoms with Crippen molar-refractivity contribution in [3.63, 3.8) is 0 Å². The van der Waals surface area contributed by atoms with E-state index < -0.39 is 5.97 Å². The maximum atomic E-state index is 12.7. The lowest BCUT2D eigenvalue weighted by Crippen LogP contribution is -2.40. The van der Waals surface area contributed by atoms with E-state index in [0.717, 1.165) is 30.6 Å². The Hall–Kier alpha value is -2.63. The number of likely N-dealkylation sites (tertiary alicyclic amines) is 1. The van der Waals surface area contributed by atoms with E-state index in [1.54, 1.807) is 10.9 Å². The van der Waals surface area contributed by atoms with Crippen molar-refractivity contribution in [2.24, 2.45) is 5.92 Å². The molecule has 6 heteroatoms. The van der Waals surface area contributed by atoms with Gasteiger partial charge in [0.1, 0.15) is 0 Å². The summed E-state index contributed by atoms with van der Waals surface area (Å²) in [5, 5.41) is 13.1. The van der Waals surface area contributed by atoms with Crippen molar-refractivity contribution in [3.05, 3.63) is 47.8 Å². The SMILES string of the molecule is Cc1cnn(-c2ccc(C(=O)N3CCC[C@@H](CCC(=O)O)C3)cc2)c1. The summed E-state index contributed by atoms with van der Waals surface area (Å²) in [5.41, 5.74) is 2.66. The van der Waals surface area contributed by atoms with Crippen molar-refractivity contribution in [1.82, 2.24) is 14.7 Å². The van der Waals surface area contributed by atoms with Gasteiger partial charge in [-0.3, -0.25) is 9.59 Å². The van der Waals surface area contributed by atoms with E-state index in [2.05, 4.69) is 5.10 Å². The topological polar surface area (TPSA) is 75.4 Å². The normalized spacial score (nSPS) is 17.5. The smallest absolute Gasteiger partial charge is 0.303 e. The van der Waals surface area contributed by atoms with Gasteiger partial charge in [0.2, 0.25) is 0 Å². The minimum Gasteiger partial charge on any atom is -0.481 e. The third kappa shape index (κ3) is 4.26. The lowest BCUT2D eigenvalue weighted by Gasteiger charge is -2.32. The number of carbonyl (C=O) groups excluding carboxylic acids is 1. The van der Waals surface area contributed by atoms with Crippen molar-refractivity contribution < 1.29 is 14.7 Å². The van der Waals surface area contributed by atoms with Gasteiger partial charge in [0.25, 0.3) is 5.91 Å². The molecule has 25 heavy (non-hydrogen) atoms. The first-order valence-corrected chi connectivity index (χ1v) is 8.65. The first-order valence-electron chi connectivity index (χ1n) is 8.65. The van der Waals surface area contributed by atoms with Gasteiger partial charge < -0.3 is 10.0 Å². The number of carbonyl (C=O) groups is 2. The highest BCUT2D eigenvalue weighted by Gasteiger charge is 2.24. The molecule has 0 bridgehead atoms. The monoisotopic (exact) mass is 341 g/mol. The molecule has 1 aromatic carbocycles. The first-order chi connectivity index (χ1) is 12.0. The summed E-state index contributed by atoms with van der Waals surface area (Å²) < 4.78 is 1.78. The van der Waals surface area contributed by atoms with Crippen LogP contribution in [0.1, 0.15) is 41.6 Å². The van der Waals surface area contributed by atoms with E-state index in [4.69, 9.17) is 5.11 Å². The highest BCUT2D eigenvalue weighted by molar-refractivity contribution is 5.94. The molecule has 1 aliphatic rings. The maximum Gasteiger partial charge on any atom is 0.303 e. The van der Waals surface area contributed by atoms with Crippen LogP contribution in [-0.4, -0.2) is 44.8 Å². The number of carboxylic acid groups (broad SMARTS) is 1. The second-order valence-electron chi connectivity index (χ2n) is 6.70. The highest BCUT2D eigenvalue weighted by atomic mass is 16.4. The van der Waals surface area contributed by atoms with Crippen molar-refractivity contribution in [2.75, 3.05) is 13.1 Å². The molecule has 1 amide bonds. The fraction of sp³-hybridized carbons (Fsp3) is 0.421. The summed E-state index contributed by atoms with van der Waals surface area (Å²) in [7, 11) is 0. The Morgan fingerprint density at radius 1 is 1.28 bits per heavy atom. The standard InChI is InChI=1S/C19H23N3O3/c1-14-11-20-22(12-14)17-7-5-16(6-8-17)19(25)21-10-2-3-15(13-21)4-9-18(23)24/h5-8,11-12,15H,2-4,9-10,13H2,1H3,(H,23,24)/t15-/m0/s1. The molecule has 0 radical (unpaired) electrons. The third-order valence-corrected chi connectivity index (χ3v) is 4.66. The van der Waals surface area contributed by atoms with Crippen molar-refractivity contribution in [1.29, 1.82) is 0 Å². The molecular weight excluding hydrogens is 318 g/mol. The molecule has 2 heterocycles. The van der Waals surface area contributed by atoms with Gasteiger partial charge in [0, 0.05) is 31.3 Å². The quantitative estimate of drug-likeness (QED) is 0.907. The summed E-state index contributed by atoms with van der Waals surface area (Å²) >= 11 is 0. The fourth-order valence-electron chi connectivity index (χ4n) is 3.31. The summed E-state index contributed by atoms with van der Waals surface area (Å²) in [6, 6.07) is 7.45. The van der Waals surface area contributed by atoms with Gasteiger partial charge in [-0.15, -0.1) is 0 Å². The number of hydrogen-bond donors (Lipinski definition) is 1. The molecule has 1 atom stereocenters. The zero-order valence-corrected chi connectivity index (χ0v) is 14.4. The number of aryl methyl sites for hydroxylation is 1. The molecule has 0 unspecified atom stereocenters. The minimum absolute atomic E-state index is 0.0169. The van der Waals surface area contributed by atoms with Crippen LogP contribution < -0.4 is 0 Å². The number of hydrogen-bond acceptors (Lipinski definition) is 3. The number of aliphatic carboxylic acids is 1. The van der Waals surface area contributed by atoms with Gasteiger partial charge in [-0.25, -0.2) is 4.68 Å². The number of nitrogens with zero attached hydrogens (tertiary/aromatic N) is 3. The van der Waals surface area contributed by atoms with Gasteiger partial charge in [-0.2, -0.15) is 5.10 Å². The fourth-order valence-corrected chi connectivity index (χ4v) is 3.31. The largest absolute Gasteiger partial charge is 0.481 e. The molecule has 2 aromatic rings. The number of amides is 1. The van der Waals surface area contributed by atoms with E-state index in [1.165, 1.54) is 0 Å². The molecule has 0 saturated carbocycles. The average Bonchev–Trinajstić information content (AvgIpc) is 3.06. The Morgan fingerprint density at radius 3 is 2.68 bits per heavy atom. The molecule has 0 aliphatic carbocycles. The number of rotatable bonds is 5. The summed E-state index contributed by atoms with van der Waals surface area (Å²) in [5.74, 6) is -0.476. The Kier molecular flexibility index (Phi) is 5.16. The van der Waals surface area contributed by atoms with Crippen LogP contribution in [0.25, 0.3) is 5.69 Å². The Morgan fingerprint density at radius 2 is 2.04 bits per heavy atom. The summed E-state index contributed by atoms with van der Waals surface area (Å²) in [6.45, 7) is 3.37. The van der Waals surface area contributed by atoms with Crippen LogP contribution in [0, 0.1) is 12.8 Å². The van der Waals surface area contributed by atoms with Crippen LogP contribution >= 0.6 is 0 Å². The molecule has 3 rings (SSSR count). The number of carboxylic acids is 1. The van der Waals surface area contributed by atoms with Gasteiger partial charge in [0.15, 0.2) is 0 Å². The van der Waals surface area contributed by atoms with Gasteiger partial charge >= 0.3 is 5.97 Å². The molecule has 1 fully saturated rings.